The highest BCUT2D eigenvalue weighted by Gasteiger charge is 2.39. The van der Waals surface area contributed by atoms with Crippen molar-refractivity contribution >= 4 is 5.97 Å². The lowest BCUT2D eigenvalue weighted by Gasteiger charge is -2.40. The molecular formula is C12H20O3. The van der Waals surface area contributed by atoms with Crippen molar-refractivity contribution in [2.45, 2.75) is 33.1 Å². The molecule has 0 atom stereocenters. The molecule has 3 heteroatoms. The topological polar surface area (TPSA) is 35.5 Å². The van der Waals surface area contributed by atoms with E-state index in [0.717, 1.165) is 32.5 Å². The molecule has 0 N–H and O–H groups in total. The Morgan fingerprint density at radius 3 is 2.60 bits per heavy atom. The molecule has 0 spiro atoms. The minimum atomic E-state index is -0.294. The fourth-order valence-corrected chi connectivity index (χ4v) is 1.58. The SMILES string of the molecule is C=C(C)C(=O)OCC1(CCCC)COC1. The van der Waals surface area contributed by atoms with Crippen LogP contribution in [0, 0.1) is 5.41 Å². The summed E-state index contributed by atoms with van der Waals surface area (Å²) in [6.07, 6.45) is 3.40. The molecule has 0 unspecified atom stereocenters. The molecule has 0 aromatic carbocycles. The lowest BCUT2D eigenvalue weighted by Crippen LogP contribution is -2.46. The third kappa shape index (κ3) is 3.34. The van der Waals surface area contributed by atoms with Gasteiger partial charge in [-0.25, -0.2) is 4.79 Å². The van der Waals surface area contributed by atoms with E-state index >= 15 is 0 Å². The van der Waals surface area contributed by atoms with Gasteiger partial charge in [-0.1, -0.05) is 26.3 Å². The molecule has 0 amide bonds. The lowest BCUT2D eigenvalue weighted by atomic mass is 9.82. The lowest BCUT2D eigenvalue weighted by molar-refractivity contribution is -0.168. The van der Waals surface area contributed by atoms with Crippen LogP contribution >= 0.6 is 0 Å². The molecule has 15 heavy (non-hydrogen) atoms. The standard InChI is InChI=1S/C12H20O3/c1-4-5-6-12(7-14-8-12)9-15-11(13)10(2)3/h2,4-9H2,1,3H3. The van der Waals surface area contributed by atoms with E-state index in [-0.39, 0.29) is 11.4 Å². The Hall–Kier alpha value is -0.830. The Kier molecular flexibility index (Phi) is 4.33. The summed E-state index contributed by atoms with van der Waals surface area (Å²) in [4.78, 5) is 11.2. The number of hydrogen-bond donors (Lipinski definition) is 0. The number of esters is 1. The molecule has 0 aliphatic carbocycles. The van der Waals surface area contributed by atoms with E-state index in [2.05, 4.69) is 13.5 Å². The average Bonchev–Trinajstić information content (AvgIpc) is 2.15. The van der Waals surface area contributed by atoms with Gasteiger partial charge in [-0.05, 0) is 13.3 Å². The summed E-state index contributed by atoms with van der Waals surface area (Å²) >= 11 is 0. The van der Waals surface area contributed by atoms with Crippen LogP contribution in [0.4, 0.5) is 0 Å². The number of unbranched alkanes of at least 4 members (excludes halogenated alkanes) is 1. The van der Waals surface area contributed by atoms with Crippen LogP contribution in [0.5, 0.6) is 0 Å². The van der Waals surface area contributed by atoms with Crippen LogP contribution in [0.15, 0.2) is 12.2 Å². The zero-order valence-electron chi connectivity index (χ0n) is 9.67. The quantitative estimate of drug-likeness (QED) is 0.500. The van der Waals surface area contributed by atoms with Gasteiger partial charge < -0.3 is 9.47 Å². The number of hydrogen-bond acceptors (Lipinski definition) is 3. The second kappa shape index (κ2) is 5.31. The summed E-state index contributed by atoms with van der Waals surface area (Å²) in [6, 6.07) is 0. The molecule has 0 bridgehead atoms. The van der Waals surface area contributed by atoms with E-state index in [9.17, 15) is 4.79 Å². The van der Waals surface area contributed by atoms with Gasteiger partial charge in [-0.2, -0.15) is 0 Å². The highest BCUT2D eigenvalue weighted by Crippen LogP contribution is 2.33. The van der Waals surface area contributed by atoms with Gasteiger partial charge in [0.05, 0.1) is 18.6 Å². The number of carbonyl (C=O) groups is 1. The van der Waals surface area contributed by atoms with E-state index in [0.29, 0.717) is 12.2 Å². The Balaban J connectivity index is 2.33. The maximum absolute atomic E-state index is 11.2. The molecular weight excluding hydrogens is 192 g/mol. The van der Waals surface area contributed by atoms with Gasteiger partial charge >= 0.3 is 5.97 Å². The van der Waals surface area contributed by atoms with Crippen LogP contribution in [0.1, 0.15) is 33.1 Å². The van der Waals surface area contributed by atoms with Gasteiger partial charge in [-0.3, -0.25) is 0 Å². The van der Waals surface area contributed by atoms with Crippen LogP contribution < -0.4 is 0 Å². The van der Waals surface area contributed by atoms with Crippen LogP contribution in [0.2, 0.25) is 0 Å². The fraction of sp³-hybridized carbons (Fsp3) is 0.750. The summed E-state index contributed by atoms with van der Waals surface area (Å²) in [5.74, 6) is -0.294. The minimum absolute atomic E-state index is 0.0844. The molecule has 1 heterocycles. The highest BCUT2D eigenvalue weighted by atomic mass is 16.5. The van der Waals surface area contributed by atoms with Crippen LogP contribution in [0.3, 0.4) is 0 Å². The largest absolute Gasteiger partial charge is 0.462 e. The van der Waals surface area contributed by atoms with Gasteiger partial charge in [0, 0.05) is 5.57 Å². The van der Waals surface area contributed by atoms with Crippen molar-refractivity contribution < 1.29 is 14.3 Å². The van der Waals surface area contributed by atoms with Crippen molar-refractivity contribution in [1.82, 2.24) is 0 Å². The maximum atomic E-state index is 11.2. The first-order valence-corrected chi connectivity index (χ1v) is 5.50. The van der Waals surface area contributed by atoms with Crippen molar-refractivity contribution in [1.29, 1.82) is 0 Å². The zero-order valence-corrected chi connectivity index (χ0v) is 9.67. The molecule has 86 valence electrons. The highest BCUT2D eigenvalue weighted by molar-refractivity contribution is 5.86. The van der Waals surface area contributed by atoms with E-state index in [4.69, 9.17) is 9.47 Å². The molecule has 0 aromatic rings. The first-order chi connectivity index (χ1) is 7.09. The second-order valence-electron chi connectivity index (χ2n) is 4.45. The normalized spacial score (nSPS) is 18.0. The molecule has 1 aliphatic rings. The zero-order chi connectivity index (χ0) is 11.3. The van der Waals surface area contributed by atoms with Crippen LogP contribution in [0.25, 0.3) is 0 Å². The van der Waals surface area contributed by atoms with Gasteiger partial charge in [-0.15, -0.1) is 0 Å². The Morgan fingerprint density at radius 1 is 1.53 bits per heavy atom. The second-order valence-corrected chi connectivity index (χ2v) is 4.45. The number of carbonyl (C=O) groups excluding carboxylic acids is 1. The molecule has 0 radical (unpaired) electrons. The average molecular weight is 212 g/mol. The van der Waals surface area contributed by atoms with Crippen molar-refractivity contribution in [3.8, 4) is 0 Å². The van der Waals surface area contributed by atoms with Gasteiger partial charge in [0.25, 0.3) is 0 Å². The predicted octanol–water partition coefficient (Wildman–Crippen LogP) is 2.31. The molecule has 1 fully saturated rings. The fourth-order valence-electron chi connectivity index (χ4n) is 1.58. The predicted molar refractivity (Wildman–Crippen MR) is 58.6 cm³/mol. The van der Waals surface area contributed by atoms with Gasteiger partial charge in [0.1, 0.15) is 6.61 Å². The summed E-state index contributed by atoms with van der Waals surface area (Å²) in [7, 11) is 0. The summed E-state index contributed by atoms with van der Waals surface area (Å²) in [5, 5.41) is 0. The molecule has 1 aliphatic heterocycles. The Bertz CT molecular complexity index is 241. The Morgan fingerprint density at radius 2 is 2.20 bits per heavy atom. The number of rotatable bonds is 6. The molecule has 1 saturated heterocycles. The molecule has 3 nitrogen and oxygen atoms in total. The monoisotopic (exact) mass is 212 g/mol. The minimum Gasteiger partial charge on any atom is -0.462 e. The van der Waals surface area contributed by atoms with E-state index in [1.807, 2.05) is 0 Å². The van der Waals surface area contributed by atoms with Gasteiger partial charge in [0.2, 0.25) is 0 Å². The first-order valence-electron chi connectivity index (χ1n) is 5.50. The smallest absolute Gasteiger partial charge is 0.333 e. The molecule has 0 saturated carbocycles. The first kappa shape index (κ1) is 12.2. The van der Waals surface area contributed by atoms with Crippen molar-refractivity contribution in [3.05, 3.63) is 12.2 Å². The van der Waals surface area contributed by atoms with E-state index < -0.39 is 0 Å². The summed E-state index contributed by atoms with van der Waals surface area (Å²) in [6.45, 7) is 9.29. The van der Waals surface area contributed by atoms with Crippen molar-refractivity contribution in [2.24, 2.45) is 5.41 Å². The summed E-state index contributed by atoms with van der Waals surface area (Å²) < 4.78 is 10.4. The molecule has 0 aromatic heterocycles. The van der Waals surface area contributed by atoms with Crippen molar-refractivity contribution in [2.75, 3.05) is 19.8 Å². The third-order valence-corrected chi connectivity index (χ3v) is 2.74. The Labute approximate surface area is 91.4 Å². The third-order valence-electron chi connectivity index (χ3n) is 2.74. The van der Waals surface area contributed by atoms with Crippen molar-refractivity contribution in [3.63, 3.8) is 0 Å². The van der Waals surface area contributed by atoms with Crippen LogP contribution in [-0.4, -0.2) is 25.8 Å². The van der Waals surface area contributed by atoms with Crippen LogP contribution in [-0.2, 0) is 14.3 Å². The maximum Gasteiger partial charge on any atom is 0.333 e. The molecule has 1 rings (SSSR count). The summed E-state index contributed by atoms with van der Waals surface area (Å²) in [5.41, 5.74) is 0.544. The van der Waals surface area contributed by atoms with E-state index in [1.165, 1.54) is 0 Å². The van der Waals surface area contributed by atoms with Gasteiger partial charge in [0.15, 0.2) is 0 Å². The number of ether oxygens (including phenoxy) is 2. The van der Waals surface area contributed by atoms with E-state index in [1.54, 1.807) is 6.92 Å².